The molecule has 0 N–H and O–H groups in total. The molecule has 0 saturated heterocycles. The molecule has 0 atom stereocenters. The lowest BCUT2D eigenvalue weighted by Gasteiger charge is -2.15. The summed E-state index contributed by atoms with van der Waals surface area (Å²) >= 11 is 0. The number of rotatable bonds is 6. The van der Waals surface area contributed by atoms with Crippen LogP contribution in [0.1, 0.15) is 31.9 Å². The van der Waals surface area contributed by atoms with Crippen molar-refractivity contribution in [2.24, 2.45) is 0 Å². The molecule has 0 fully saturated rings. The molecule has 2 aromatic rings. The van der Waals surface area contributed by atoms with Crippen LogP contribution in [0.5, 0.6) is 0 Å². The number of benzene rings is 1. The molecule has 0 aliphatic heterocycles. The van der Waals surface area contributed by atoms with Crippen molar-refractivity contribution in [3.63, 3.8) is 0 Å². The van der Waals surface area contributed by atoms with Gasteiger partial charge in [-0.1, -0.05) is 25.5 Å². The average molecular weight is 248 g/mol. The van der Waals surface area contributed by atoms with Crippen LogP contribution in [0.2, 0.25) is 0 Å². The molecule has 0 bridgehead atoms. The molecule has 0 amide bonds. The number of hydrogen-bond acceptors (Lipinski definition) is 3. The van der Waals surface area contributed by atoms with Gasteiger partial charge < -0.3 is 14.0 Å². The molecule has 0 aliphatic carbocycles. The molecule has 18 heavy (non-hydrogen) atoms. The summed E-state index contributed by atoms with van der Waals surface area (Å²) in [6.45, 7) is 3.12. The van der Waals surface area contributed by atoms with Gasteiger partial charge in [-0.05, 0) is 18.6 Å². The quantitative estimate of drug-likeness (QED) is 0.737. The van der Waals surface area contributed by atoms with Gasteiger partial charge in [-0.2, -0.15) is 0 Å². The molecule has 4 nitrogen and oxygen atoms in total. The Morgan fingerprint density at radius 3 is 2.61 bits per heavy atom. The molecule has 2 rings (SSSR count). The molecular weight excluding hydrogens is 228 g/mol. The number of ether oxygens (including phenoxy) is 2. The van der Waals surface area contributed by atoms with Gasteiger partial charge in [0.2, 0.25) is 6.29 Å². The van der Waals surface area contributed by atoms with Crippen LogP contribution in [0.4, 0.5) is 0 Å². The largest absolute Gasteiger partial charge is 0.349 e. The number of aromatic nitrogens is 2. The monoisotopic (exact) mass is 248 g/mol. The topological polar surface area (TPSA) is 36.3 Å². The number of para-hydroxylation sites is 2. The van der Waals surface area contributed by atoms with Gasteiger partial charge >= 0.3 is 0 Å². The van der Waals surface area contributed by atoms with Crippen LogP contribution in [0.25, 0.3) is 11.0 Å². The van der Waals surface area contributed by atoms with Crippen molar-refractivity contribution >= 4 is 11.0 Å². The predicted octanol–water partition coefficient (Wildman–Crippen LogP) is 3.13. The van der Waals surface area contributed by atoms with E-state index in [0.717, 1.165) is 36.2 Å². The third-order valence-electron chi connectivity index (χ3n) is 3.06. The third kappa shape index (κ3) is 2.40. The minimum atomic E-state index is -0.408. The lowest BCUT2D eigenvalue weighted by Crippen LogP contribution is -2.12. The van der Waals surface area contributed by atoms with E-state index >= 15 is 0 Å². The molecule has 0 saturated carbocycles. The standard InChI is InChI=1S/C14H20N2O2/c1-4-5-10-16-12-9-7-6-8-11(12)15-13(16)14(17-2)18-3/h6-9,14H,4-5,10H2,1-3H3. The molecule has 0 radical (unpaired) electrons. The maximum absolute atomic E-state index is 5.33. The normalized spacial score (nSPS) is 11.6. The van der Waals surface area contributed by atoms with E-state index in [1.165, 1.54) is 0 Å². The highest BCUT2D eigenvalue weighted by atomic mass is 16.7. The summed E-state index contributed by atoms with van der Waals surface area (Å²) in [7, 11) is 3.27. The van der Waals surface area contributed by atoms with Gasteiger partial charge in [0, 0.05) is 20.8 Å². The maximum Gasteiger partial charge on any atom is 0.216 e. The fraction of sp³-hybridized carbons (Fsp3) is 0.500. The van der Waals surface area contributed by atoms with Crippen molar-refractivity contribution in [2.75, 3.05) is 14.2 Å². The van der Waals surface area contributed by atoms with Gasteiger partial charge in [0.25, 0.3) is 0 Å². The van der Waals surface area contributed by atoms with Crippen LogP contribution in [0.3, 0.4) is 0 Å². The van der Waals surface area contributed by atoms with Crippen LogP contribution in [-0.4, -0.2) is 23.8 Å². The molecule has 1 heterocycles. The molecule has 1 aromatic heterocycles. The average Bonchev–Trinajstić information content (AvgIpc) is 2.76. The highest BCUT2D eigenvalue weighted by Crippen LogP contribution is 2.23. The van der Waals surface area contributed by atoms with Crippen molar-refractivity contribution in [3.05, 3.63) is 30.1 Å². The zero-order valence-corrected chi connectivity index (χ0v) is 11.2. The van der Waals surface area contributed by atoms with E-state index < -0.39 is 6.29 Å². The second-order valence-corrected chi connectivity index (χ2v) is 4.27. The van der Waals surface area contributed by atoms with E-state index in [-0.39, 0.29) is 0 Å². The van der Waals surface area contributed by atoms with E-state index in [4.69, 9.17) is 9.47 Å². The first-order valence-corrected chi connectivity index (χ1v) is 6.32. The molecule has 98 valence electrons. The summed E-state index contributed by atoms with van der Waals surface area (Å²) in [5, 5.41) is 0. The van der Waals surface area contributed by atoms with Gasteiger partial charge in [-0.3, -0.25) is 0 Å². The van der Waals surface area contributed by atoms with Crippen molar-refractivity contribution in [2.45, 2.75) is 32.6 Å². The number of hydrogen-bond donors (Lipinski definition) is 0. The summed E-state index contributed by atoms with van der Waals surface area (Å²) in [6.07, 6.45) is 1.86. The summed E-state index contributed by atoms with van der Waals surface area (Å²) in [5.74, 6) is 0.842. The van der Waals surface area contributed by atoms with E-state index in [9.17, 15) is 0 Å². The summed E-state index contributed by atoms with van der Waals surface area (Å²) < 4.78 is 12.9. The van der Waals surface area contributed by atoms with E-state index in [0.29, 0.717) is 0 Å². The Bertz CT molecular complexity index is 503. The first kappa shape index (κ1) is 13.1. The minimum Gasteiger partial charge on any atom is -0.349 e. The lowest BCUT2D eigenvalue weighted by molar-refractivity contribution is -0.113. The molecule has 0 aliphatic rings. The number of methoxy groups -OCH3 is 2. The molecular formula is C14H20N2O2. The van der Waals surface area contributed by atoms with Crippen LogP contribution in [-0.2, 0) is 16.0 Å². The summed E-state index contributed by atoms with van der Waals surface area (Å²) in [4.78, 5) is 4.62. The highest BCUT2D eigenvalue weighted by molar-refractivity contribution is 5.75. The Hall–Kier alpha value is -1.39. The first-order valence-electron chi connectivity index (χ1n) is 6.32. The van der Waals surface area contributed by atoms with Gasteiger partial charge in [0.05, 0.1) is 11.0 Å². The number of imidazole rings is 1. The third-order valence-corrected chi connectivity index (χ3v) is 3.06. The Labute approximate surface area is 108 Å². The number of fused-ring (bicyclic) bond motifs is 1. The number of nitrogens with zero attached hydrogens (tertiary/aromatic N) is 2. The van der Waals surface area contributed by atoms with Gasteiger partial charge in [-0.15, -0.1) is 0 Å². The Morgan fingerprint density at radius 2 is 1.94 bits per heavy atom. The van der Waals surface area contributed by atoms with E-state index in [1.54, 1.807) is 14.2 Å². The van der Waals surface area contributed by atoms with Crippen molar-refractivity contribution in [1.29, 1.82) is 0 Å². The molecule has 4 heteroatoms. The second kappa shape index (κ2) is 5.98. The van der Waals surface area contributed by atoms with Gasteiger partial charge in [0.1, 0.15) is 0 Å². The minimum absolute atomic E-state index is 0.408. The molecule has 1 aromatic carbocycles. The van der Waals surface area contributed by atoms with Crippen LogP contribution < -0.4 is 0 Å². The zero-order chi connectivity index (χ0) is 13.0. The highest BCUT2D eigenvalue weighted by Gasteiger charge is 2.18. The SMILES string of the molecule is CCCCn1c(C(OC)OC)nc2ccccc21. The zero-order valence-electron chi connectivity index (χ0n) is 11.2. The van der Waals surface area contributed by atoms with Gasteiger partial charge in [-0.25, -0.2) is 4.98 Å². The Morgan fingerprint density at radius 1 is 1.22 bits per heavy atom. The van der Waals surface area contributed by atoms with Crippen molar-refractivity contribution < 1.29 is 9.47 Å². The van der Waals surface area contributed by atoms with Gasteiger partial charge in [0.15, 0.2) is 5.82 Å². The van der Waals surface area contributed by atoms with Crippen LogP contribution in [0.15, 0.2) is 24.3 Å². The Kier molecular flexibility index (Phi) is 4.33. The maximum atomic E-state index is 5.33. The first-order chi connectivity index (χ1) is 8.81. The number of unbranched alkanes of at least 4 members (excludes halogenated alkanes) is 1. The molecule has 0 unspecified atom stereocenters. The fourth-order valence-corrected chi connectivity index (χ4v) is 2.13. The molecule has 0 spiro atoms. The smallest absolute Gasteiger partial charge is 0.216 e. The van der Waals surface area contributed by atoms with Crippen LogP contribution >= 0.6 is 0 Å². The lowest BCUT2D eigenvalue weighted by atomic mass is 10.3. The second-order valence-electron chi connectivity index (χ2n) is 4.27. The summed E-state index contributed by atoms with van der Waals surface area (Å²) in [6, 6.07) is 8.14. The number of aryl methyl sites for hydroxylation is 1. The summed E-state index contributed by atoms with van der Waals surface area (Å²) in [5.41, 5.74) is 2.13. The Balaban J connectivity index is 2.48. The van der Waals surface area contributed by atoms with Crippen LogP contribution in [0, 0.1) is 0 Å². The van der Waals surface area contributed by atoms with Crippen molar-refractivity contribution in [3.8, 4) is 0 Å². The van der Waals surface area contributed by atoms with E-state index in [2.05, 4.69) is 22.5 Å². The van der Waals surface area contributed by atoms with E-state index in [1.807, 2.05) is 18.2 Å². The fourth-order valence-electron chi connectivity index (χ4n) is 2.13. The van der Waals surface area contributed by atoms with Crippen molar-refractivity contribution in [1.82, 2.24) is 9.55 Å². The predicted molar refractivity (Wildman–Crippen MR) is 71.4 cm³/mol.